The van der Waals surface area contributed by atoms with Gasteiger partial charge in [0.1, 0.15) is 18.0 Å². The number of amides is 2. The first-order valence-corrected chi connectivity index (χ1v) is 11.2. The number of carbonyl (C=O) groups excluding carboxylic acids is 2. The van der Waals surface area contributed by atoms with Gasteiger partial charge in [-0.3, -0.25) is 9.59 Å². The zero-order valence-electron chi connectivity index (χ0n) is 18.3. The van der Waals surface area contributed by atoms with Crippen molar-refractivity contribution in [1.29, 1.82) is 0 Å². The van der Waals surface area contributed by atoms with Crippen molar-refractivity contribution in [3.63, 3.8) is 0 Å². The first kappa shape index (κ1) is 22.9. The molecule has 0 unspecified atom stereocenters. The van der Waals surface area contributed by atoms with E-state index in [-0.39, 0.29) is 24.8 Å². The Morgan fingerprint density at radius 2 is 1.87 bits per heavy atom. The van der Waals surface area contributed by atoms with Crippen LogP contribution in [0.2, 0.25) is 5.02 Å². The summed E-state index contributed by atoms with van der Waals surface area (Å²) in [4.78, 5) is 29.7. The number of ether oxygens (including phenoxy) is 2. The van der Waals surface area contributed by atoms with Crippen molar-refractivity contribution in [3.05, 3.63) is 29.3 Å². The minimum Gasteiger partial charge on any atom is -0.490 e. The maximum Gasteiger partial charge on any atom is 0.228 e. The summed E-state index contributed by atoms with van der Waals surface area (Å²) in [6, 6.07) is 7.17. The summed E-state index contributed by atoms with van der Waals surface area (Å²) in [7, 11) is 0. The van der Waals surface area contributed by atoms with Gasteiger partial charge in [0, 0.05) is 30.1 Å². The smallest absolute Gasteiger partial charge is 0.228 e. The van der Waals surface area contributed by atoms with Crippen LogP contribution in [-0.4, -0.2) is 66.6 Å². The van der Waals surface area contributed by atoms with Crippen molar-refractivity contribution in [2.75, 3.05) is 39.4 Å². The van der Waals surface area contributed by atoms with Crippen LogP contribution in [0.15, 0.2) is 24.3 Å². The molecule has 0 radical (unpaired) electrons. The quantitative estimate of drug-likeness (QED) is 0.705. The topological polar surface area (TPSA) is 59.1 Å². The zero-order chi connectivity index (χ0) is 21.8. The molecular formula is C23H33ClN2O4. The number of hydrogen-bond acceptors (Lipinski definition) is 4. The summed E-state index contributed by atoms with van der Waals surface area (Å²) in [6.45, 7) is 8.73. The zero-order valence-corrected chi connectivity index (χ0v) is 19.0. The molecule has 2 aliphatic rings. The van der Waals surface area contributed by atoms with Gasteiger partial charge >= 0.3 is 0 Å². The first-order valence-electron chi connectivity index (χ1n) is 10.8. The lowest BCUT2D eigenvalue weighted by atomic mass is 9.91. The molecule has 0 aromatic heterocycles. The number of halogens is 1. The van der Waals surface area contributed by atoms with Gasteiger partial charge < -0.3 is 19.3 Å². The van der Waals surface area contributed by atoms with E-state index in [9.17, 15) is 9.59 Å². The highest BCUT2D eigenvalue weighted by Crippen LogP contribution is 2.29. The largest absolute Gasteiger partial charge is 0.490 e. The summed E-state index contributed by atoms with van der Waals surface area (Å²) in [5.74, 6) is 0.743. The molecule has 2 amide bonds. The van der Waals surface area contributed by atoms with Crippen LogP contribution in [0.4, 0.5) is 0 Å². The van der Waals surface area contributed by atoms with Crippen LogP contribution < -0.4 is 4.74 Å². The maximum atomic E-state index is 13.1. The second kappa shape index (κ2) is 9.56. The molecule has 2 heterocycles. The molecule has 30 heavy (non-hydrogen) atoms. The van der Waals surface area contributed by atoms with Gasteiger partial charge in [-0.1, -0.05) is 38.4 Å². The Morgan fingerprint density at radius 1 is 1.13 bits per heavy atom. The molecule has 0 N–H and O–H groups in total. The molecule has 0 bridgehead atoms. The highest BCUT2D eigenvalue weighted by atomic mass is 35.5. The summed E-state index contributed by atoms with van der Waals surface area (Å²) in [5, 5.41) is 0.583. The molecule has 166 valence electrons. The van der Waals surface area contributed by atoms with Gasteiger partial charge in [-0.15, -0.1) is 0 Å². The lowest BCUT2D eigenvalue weighted by molar-refractivity contribution is -0.170. The SMILES string of the molecule is CC(C)(C)C(=O)N1CCO[C@](COc2cccc(Cl)c2)(CC(=O)N2CCCCC2)C1. The summed E-state index contributed by atoms with van der Waals surface area (Å²) < 4.78 is 12.2. The third kappa shape index (κ3) is 5.88. The molecule has 2 aliphatic heterocycles. The Hall–Kier alpha value is -1.79. The Bertz CT molecular complexity index is 758. The molecule has 1 aromatic rings. The standard InChI is InChI=1S/C23H33ClN2O4/c1-22(2,3)21(28)26-12-13-30-23(16-26,15-20(27)25-10-5-4-6-11-25)17-29-19-9-7-8-18(24)14-19/h7-9,14H,4-6,10-13,15-17H2,1-3H3/t23-/m1/s1. The number of rotatable bonds is 5. The number of carbonyl (C=O) groups is 2. The van der Waals surface area contributed by atoms with Gasteiger partial charge in [-0.2, -0.15) is 0 Å². The van der Waals surface area contributed by atoms with Crippen LogP contribution in [0.25, 0.3) is 0 Å². The molecule has 1 aromatic carbocycles. The number of nitrogens with zero attached hydrogens (tertiary/aromatic N) is 2. The molecule has 7 heteroatoms. The minimum absolute atomic E-state index is 0.0587. The van der Waals surface area contributed by atoms with E-state index < -0.39 is 11.0 Å². The molecule has 3 rings (SSSR count). The summed E-state index contributed by atoms with van der Waals surface area (Å²) in [6.07, 6.45) is 3.43. The van der Waals surface area contributed by atoms with Gasteiger partial charge in [-0.05, 0) is 37.5 Å². The Labute approximate surface area is 184 Å². The van der Waals surface area contributed by atoms with E-state index in [0.717, 1.165) is 32.4 Å². The van der Waals surface area contributed by atoms with Crippen LogP contribution in [0.5, 0.6) is 5.75 Å². The van der Waals surface area contributed by atoms with Crippen LogP contribution in [0.1, 0.15) is 46.5 Å². The van der Waals surface area contributed by atoms with Crippen LogP contribution in [0, 0.1) is 5.41 Å². The van der Waals surface area contributed by atoms with Crippen molar-refractivity contribution in [1.82, 2.24) is 9.80 Å². The van der Waals surface area contributed by atoms with Gasteiger partial charge in [0.2, 0.25) is 11.8 Å². The fraction of sp³-hybridized carbons (Fsp3) is 0.652. The third-order valence-electron chi connectivity index (χ3n) is 5.66. The van der Waals surface area contributed by atoms with E-state index in [1.165, 1.54) is 0 Å². The Kier molecular flexibility index (Phi) is 7.30. The second-order valence-corrected chi connectivity index (χ2v) is 9.81. The number of morpholine rings is 1. The highest BCUT2D eigenvalue weighted by molar-refractivity contribution is 6.30. The molecular weight excluding hydrogens is 404 g/mol. The summed E-state index contributed by atoms with van der Waals surface area (Å²) >= 11 is 6.08. The number of piperidine rings is 1. The van der Waals surface area contributed by atoms with Crippen molar-refractivity contribution in [3.8, 4) is 5.75 Å². The van der Waals surface area contributed by atoms with Crippen LogP contribution >= 0.6 is 11.6 Å². The van der Waals surface area contributed by atoms with Gasteiger partial charge in [0.15, 0.2) is 0 Å². The summed E-state index contributed by atoms with van der Waals surface area (Å²) in [5.41, 5.74) is -1.37. The lowest BCUT2D eigenvalue weighted by Gasteiger charge is -2.44. The fourth-order valence-electron chi connectivity index (χ4n) is 4.04. The minimum atomic E-state index is -0.879. The van der Waals surface area contributed by atoms with E-state index in [1.807, 2.05) is 42.7 Å². The average Bonchev–Trinajstić information content (AvgIpc) is 2.72. The molecule has 0 saturated carbocycles. The van der Waals surface area contributed by atoms with Crippen LogP contribution in [0.3, 0.4) is 0 Å². The number of benzene rings is 1. The normalized spacial score (nSPS) is 22.7. The van der Waals surface area contributed by atoms with Crippen molar-refractivity contribution < 1.29 is 19.1 Å². The van der Waals surface area contributed by atoms with Gasteiger partial charge in [0.05, 0.1) is 19.6 Å². The number of likely N-dealkylation sites (tertiary alicyclic amines) is 1. The Balaban J connectivity index is 1.78. The van der Waals surface area contributed by atoms with Gasteiger partial charge in [-0.25, -0.2) is 0 Å². The second-order valence-electron chi connectivity index (χ2n) is 9.37. The predicted molar refractivity (Wildman–Crippen MR) is 117 cm³/mol. The molecule has 0 spiro atoms. The maximum absolute atomic E-state index is 13.1. The molecule has 1 atom stereocenters. The highest BCUT2D eigenvalue weighted by Gasteiger charge is 2.43. The Morgan fingerprint density at radius 3 is 2.53 bits per heavy atom. The van der Waals surface area contributed by atoms with E-state index in [0.29, 0.717) is 30.5 Å². The van der Waals surface area contributed by atoms with E-state index in [4.69, 9.17) is 21.1 Å². The first-order chi connectivity index (χ1) is 14.2. The van der Waals surface area contributed by atoms with Crippen molar-refractivity contribution in [2.45, 2.75) is 52.1 Å². The molecule has 2 fully saturated rings. The van der Waals surface area contributed by atoms with Crippen molar-refractivity contribution >= 4 is 23.4 Å². The fourth-order valence-corrected chi connectivity index (χ4v) is 4.22. The van der Waals surface area contributed by atoms with E-state index >= 15 is 0 Å². The monoisotopic (exact) mass is 436 g/mol. The molecule has 2 saturated heterocycles. The molecule has 0 aliphatic carbocycles. The van der Waals surface area contributed by atoms with Gasteiger partial charge in [0.25, 0.3) is 0 Å². The van der Waals surface area contributed by atoms with Crippen molar-refractivity contribution in [2.24, 2.45) is 5.41 Å². The molecule has 6 nitrogen and oxygen atoms in total. The van der Waals surface area contributed by atoms with E-state index in [2.05, 4.69) is 0 Å². The van der Waals surface area contributed by atoms with Crippen LogP contribution in [-0.2, 0) is 14.3 Å². The lowest BCUT2D eigenvalue weighted by Crippen LogP contribution is -2.60. The van der Waals surface area contributed by atoms with E-state index in [1.54, 1.807) is 12.1 Å². The predicted octanol–water partition coefficient (Wildman–Crippen LogP) is 3.77. The average molecular weight is 437 g/mol. The number of hydrogen-bond donors (Lipinski definition) is 0. The third-order valence-corrected chi connectivity index (χ3v) is 5.89.